The van der Waals surface area contributed by atoms with E-state index in [9.17, 15) is 18.0 Å². The molecule has 1 aromatic carbocycles. The number of rotatable bonds is 3. The average Bonchev–Trinajstić information content (AvgIpc) is 3.23. The second kappa shape index (κ2) is 8.43. The Hall–Kier alpha value is -2.71. The number of pyridine rings is 1. The SMILES string of the molecule is O=C(c1ccc(-c2ccccc2Cl)o1)N1CCN(c2ncc(C(F)(F)F)cc2Cl)CC1. The summed E-state index contributed by atoms with van der Waals surface area (Å²) in [6.45, 7) is 1.45. The first kappa shape index (κ1) is 21.5. The number of furan rings is 1. The van der Waals surface area contributed by atoms with Gasteiger partial charge in [0.15, 0.2) is 5.76 Å². The lowest BCUT2D eigenvalue weighted by atomic mass is 10.2. The summed E-state index contributed by atoms with van der Waals surface area (Å²) in [5, 5.41) is 0.440. The third-order valence-electron chi connectivity index (χ3n) is 4.97. The number of aromatic nitrogens is 1. The number of alkyl halides is 3. The molecule has 1 aliphatic rings. The van der Waals surface area contributed by atoms with Crippen LogP contribution in [0.4, 0.5) is 19.0 Å². The molecule has 0 aliphatic carbocycles. The minimum atomic E-state index is -4.51. The number of hydrogen-bond acceptors (Lipinski definition) is 4. The molecule has 1 saturated heterocycles. The Morgan fingerprint density at radius 2 is 1.71 bits per heavy atom. The lowest BCUT2D eigenvalue weighted by Crippen LogP contribution is -2.49. The average molecular weight is 470 g/mol. The van der Waals surface area contributed by atoms with Crippen LogP contribution >= 0.6 is 23.2 Å². The minimum Gasteiger partial charge on any atom is -0.451 e. The molecule has 2 aromatic heterocycles. The van der Waals surface area contributed by atoms with Gasteiger partial charge in [0.05, 0.1) is 15.6 Å². The van der Waals surface area contributed by atoms with E-state index in [0.717, 1.165) is 12.3 Å². The van der Waals surface area contributed by atoms with Gasteiger partial charge in [-0.2, -0.15) is 13.2 Å². The minimum absolute atomic E-state index is 0.0787. The van der Waals surface area contributed by atoms with E-state index in [0.29, 0.717) is 42.5 Å². The van der Waals surface area contributed by atoms with Crippen molar-refractivity contribution in [3.05, 3.63) is 70.0 Å². The standard InChI is InChI=1S/C21H16Cl2F3N3O2/c22-15-4-2-1-3-14(15)17-5-6-18(31-17)20(30)29-9-7-28(8-10-29)19-16(23)11-13(12-27-19)21(24,25)26/h1-6,11-12H,7-10H2. The van der Waals surface area contributed by atoms with Gasteiger partial charge in [-0.1, -0.05) is 35.3 Å². The van der Waals surface area contributed by atoms with Crippen molar-refractivity contribution in [3.63, 3.8) is 0 Å². The van der Waals surface area contributed by atoms with Gasteiger partial charge in [-0.05, 0) is 30.3 Å². The molecule has 0 unspecified atom stereocenters. The Labute approximate surface area is 186 Å². The van der Waals surface area contributed by atoms with Gasteiger partial charge in [0.1, 0.15) is 11.6 Å². The van der Waals surface area contributed by atoms with E-state index in [2.05, 4.69) is 4.98 Å². The first-order valence-corrected chi connectivity index (χ1v) is 10.1. The summed E-state index contributed by atoms with van der Waals surface area (Å²) in [7, 11) is 0. The van der Waals surface area contributed by atoms with Gasteiger partial charge in [-0.25, -0.2) is 4.98 Å². The van der Waals surface area contributed by atoms with Gasteiger partial charge in [0.25, 0.3) is 5.91 Å². The molecule has 1 fully saturated rings. The quantitative estimate of drug-likeness (QED) is 0.498. The summed E-state index contributed by atoms with van der Waals surface area (Å²) in [4.78, 5) is 20.1. The van der Waals surface area contributed by atoms with E-state index in [-0.39, 0.29) is 22.5 Å². The molecule has 1 amide bonds. The fourth-order valence-corrected chi connectivity index (χ4v) is 3.87. The summed E-state index contributed by atoms with van der Waals surface area (Å²) in [6.07, 6.45) is -3.75. The molecule has 0 N–H and O–H groups in total. The number of piperazine rings is 1. The lowest BCUT2D eigenvalue weighted by Gasteiger charge is -2.35. The number of halogens is 5. The molecule has 3 aromatic rings. The maximum absolute atomic E-state index is 12.8. The van der Waals surface area contributed by atoms with Crippen molar-refractivity contribution in [1.29, 1.82) is 0 Å². The number of nitrogens with zero attached hydrogens (tertiary/aromatic N) is 3. The fourth-order valence-electron chi connectivity index (χ4n) is 3.35. The third-order valence-corrected chi connectivity index (χ3v) is 5.58. The van der Waals surface area contributed by atoms with Gasteiger partial charge < -0.3 is 14.2 Å². The molecule has 0 saturated carbocycles. The van der Waals surface area contributed by atoms with Gasteiger partial charge in [0, 0.05) is 37.9 Å². The van der Waals surface area contributed by atoms with Crippen molar-refractivity contribution in [2.75, 3.05) is 31.1 Å². The van der Waals surface area contributed by atoms with Crippen LogP contribution in [0.2, 0.25) is 10.0 Å². The molecule has 3 heterocycles. The van der Waals surface area contributed by atoms with Crippen LogP contribution in [0.3, 0.4) is 0 Å². The lowest BCUT2D eigenvalue weighted by molar-refractivity contribution is -0.137. The molecular weight excluding hydrogens is 454 g/mol. The largest absolute Gasteiger partial charge is 0.451 e. The van der Waals surface area contributed by atoms with Crippen molar-refractivity contribution < 1.29 is 22.4 Å². The zero-order valence-corrected chi connectivity index (χ0v) is 17.5. The molecule has 1 aliphatic heterocycles. The van der Waals surface area contributed by atoms with E-state index in [4.69, 9.17) is 27.6 Å². The van der Waals surface area contributed by atoms with Crippen molar-refractivity contribution in [3.8, 4) is 11.3 Å². The molecule has 0 spiro atoms. The Balaban J connectivity index is 1.43. The monoisotopic (exact) mass is 469 g/mol. The number of amides is 1. The van der Waals surface area contributed by atoms with E-state index in [1.54, 1.807) is 40.1 Å². The molecule has 4 rings (SSSR count). The van der Waals surface area contributed by atoms with E-state index in [1.807, 2.05) is 6.07 Å². The highest BCUT2D eigenvalue weighted by molar-refractivity contribution is 6.33. The van der Waals surface area contributed by atoms with Crippen LogP contribution in [-0.4, -0.2) is 42.0 Å². The summed E-state index contributed by atoms with van der Waals surface area (Å²) in [5.74, 6) is 0.674. The van der Waals surface area contributed by atoms with Crippen LogP contribution in [-0.2, 0) is 6.18 Å². The van der Waals surface area contributed by atoms with Gasteiger partial charge >= 0.3 is 6.18 Å². The Morgan fingerprint density at radius 3 is 2.35 bits per heavy atom. The summed E-state index contributed by atoms with van der Waals surface area (Å²) < 4.78 is 44.1. The maximum atomic E-state index is 12.8. The highest BCUT2D eigenvalue weighted by Crippen LogP contribution is 2.34. The highest BCUT2D eigenvalue weighted by Gasteiger charge is 2.32. The number of carbonyl (C=O) groups excluding carboxylic acids is 1. The zero-order chi connectivity index (χ0) is 22.2. The molecular formula is C21H16Cl2F3N3O2. The van der Waals surface area contributed by atoms with Crippen LogP contribution in [0.1, 0.15) is 16.1 Å². The Bertz CT molecular complexity index is 1110. The van der Waals surface area contributed by atoms with Gasteiger partial charge in [-0.3, -0.25) is 4.79 Å². The fraction of sp³-hybridized carbons (Fsp3) is 0.238. The predicted octanol–water partition coefficient (Wildman–Crippen LogP) is 5.63. The van der Waals surface area contributed by atoms with Crippen LogP contribution in [0.5, 0.6) is 0 Å². The van der Waals surface area contributed by atoms with Crippen molar-refractivity contribution in [2.24, 2.45) is 0 Å². The topological polar surface area (TPSA) is 49.6 Å². The molecule has 0 atom stereocenters. The normalized spacial score (nSPS) is 14.7. The summed E-state index contributed by atoms with van der Waals surface area (Å²) in [6, 6.07) is 11.3. The third kappa shape index (κ3) is 4.50. The number of hydrogen-bond donors (Lipinski definition) is 0. The molecule has 162 valence electrons. The number of anilines is 1. The number of carbonyl (C=O) groups is 1. The van der Waals surface area contributed by atoms with Crippen LogP contribution < -0.4 is 4.90 Å². The number of benzene rings is 1. The first-order valence-electron chi connectivity index (χ1n) is 9.36. The van der Waals surface area contributed by atoms with Crippen molar-refractivity contribution >= 4 is 34.9 Å². The smallest absolute Gasteiger partial charge is 0.417 e. The molecule has 0 bridgehead atoms. The highest BCUT2D eigenvalue weighted by atomic mass is 35.5. The second-order valence-electron chi connectivity index (χ2n) is 6.95. The summed E-state index contributed by atoms with van der Waals surface area (Å²) in [5.41, 5.74) is -0.210. The van der Waals surface area contributed by atoms with Crippen LogP contribution in [0.25, 0.3) is 11.3 Å². The molecule has 0 radical (unpaired) electrons. The van der Waals surface area contributed by atoms with Crippen LogP contribution in [0, 0.1) is 0 Å². The molecule has 5 nitrogen and oxygen atoms in total. The summed E-state index contributed by atoms with van der Waals surface area (Å²) >= 11 is 12.2. The Morgan fingerprint density at radius 1 is 1.00 bits per heavy atom. The van der Waals surface area contributed by atoms with Gasteiger partial charge in [-0.15, -0.1) is 0 Å². The first-order chi connectivity index (χ1) is 14.7. The van der Waals surface area contributed by atoms with E-state index >= 15 is 0 Å². The predicted molar refractivity (Wildman–Crippen MR) is 112 cm³/mol. The molecule has 31 heavy (non-hydrogen) atoms. The van der Waals surface area contributed by atoms with E-state index in [1.165, 1.54) is 0 Å². The second-order valence-corrected chi connectivity index (χ2v) is 7.76. The van der Waals surface area contributed by atoms with Crippen LogP contribution in [0.15, 0.2) is 53.1 Å². The van der Waals surface area contributed by atoms with E-state index < -0.39 is 11.7 Å². The van der Waals surface area contributed by atoms with Crippen molar-refractivity contribution in [2.45, 2.75) is 6.18 Å². The maximum Gasteiger partial charge on any atom is 0.417 e. The Kier molecular flexibility index (Phi) is 5.85. The van der Waals surface area contributed by atoms with Crippen molar-refractivity contribution in [1.82, 2.24) is 9.88 Å². The molecule has 10 heteroatoms. The van der Waals surface area contributed by atoms with Gasteiger partial charge in [0.2, 0.25) is 0 Å². The zero-order valence-electron chi connectivity index (χ0n) is 16.0.